The lowest BCUT2D eigenvalue weighted by Gasteiger charge is -2.18. The molecule has 0 aliphatic carbocycles. The van der Waals surface area contributed by atoms with Crippen LogP contribution in [0.1, 0.15) is 17.5 Å². The van der Waals surface area contributed by atoms with E-state index >= 15 is 0 Å². The van der Waals surface area contributed by atoms with Crippen molar-refractivity contribution in [2.75, 3.05) is 19.0 Å². The standard InChI is InChI=1S/C22H23F3N2O3/c1-3-20(28)26-18-9-4-16(5-10-18)8-13-21(29)27(2)14-17-6-11-19(12-7-17)30-15-22(23,24)25/h3-7,9-12H,1,8,13-15H2,2H3,(H,26,28). The summed E-state index contributed by atoms with van der Waals surface area (Å²) in [5.74, 6) is -0.228. The highest BCUT2D eigenvalue weighted by molar-refractivity contribution is 5.98. The third-order valence-corrected chi connectivity index (χ3v) is 4.21. The molecule has 1 N–H and O–H groups in total. The summed E-state index contributed by atoms with van der Waals surface area (Å²) >= 11 is 0. The Kier molecular flexibility index (Phi) is 8.03. The Morgan fingerprint density at radius 3 is 2.23 bits per heavy atom. The number of alkyl halides is 3. The minimum atomic E-state index is -4.38. The number of anilines is 1. The molecule has 2 aromatic carbocycles. The van der Waals surface area contributed by atoms with Crippen LogP contribution in [-0.4, -0.2) is 36.5 Å². The summed E-state index contributed by atoms with van der Waals surface area (Å²) in [4.78, 5) is 25.2. The maximum atomic E-state index is 12.4. The molecule has 0 spiro atoms. The summed E-state index contributed by atoms with van der Waals surface area (Å²) in [6.45, 7) is 2.39. The smallest absolute Gasteiger partial charge is 0.422 e. The maximum Gasteiger partial charge on any atom is 0.422 e. The second-order valence-corrected chi connectivity index (χ2v) is 6.69. The van der Waals surface area contributed by atoms with Crippen LogP contribution in [-0.2, 0) is 22.6 Å². The van der Waals surface area contributed by atoms with Crippen molar-refractivity contribution in [1.29, 1.82) is 0 Å². The number of halogens is 3. The Labute approximate surface area is 173 Å². The lowest BCUT2D eigenvalue weighted by molar-refractivity contribution is -0.153. The summed E-state index contributed by atoms with van der Waals surface area (Å²) in [6.07, 6.45) is -2.35. The van der Waals surface area contributed by atoms with Crippen LogP contribution in [0.5, 0.6) is 5.75 Å². The summed E-state index contributed by atoms with van der Waals surface area (Å²) in [6, 6.07) is 13.4. The fourth-order valence-corrected chi connectivity index (χ4v) is 2.61. The molecule has 0 unspecified atom stereocenters. The van der Waals surface area contributed by atoms with Crippen LogP contribution in [0.4, 0.5) is 18.9 Å². The summed E-state index contributed by atoms with van der Waals surface area (Å²) < 4.78 is 41.2. The third-order valence-electron chi connectivity index (χ3n) is 4.21. The first-order chi connectivity index (χ1) is 14.2. The van der Waals surface area contributed by atoms with E-state index in [0.29, 0.717) is 25.1 Å². The Bertz CT molecular complexity index is 863. The largest absolute Gasteiger partial charge is 0.484 e. The van der Waals surface area contributed by atoms with Crippen molar-refractivity contribution in [3.05, 3.63) is 72.3 Å². The van der Waals surface area contributed by atoms with E-state index in [1.54, 1.807) is 36.2 Å². The average molecular weight is 420 g/mol. The van der Waals surface area contributed by atoms with Crippen LogP contribution >= 0.6 is 0 Å². The van der Waals surface area contributed by atoms with Gasteiger partial charge in [-0.15, -0.1) is 0 Å². The quantitative estimate of drug-likeness (QED) is 0.614. The number of nitrogens with zero attached hydrogens (tertiary/aromatic N) is 1. The highest BCUT2D eigenvalue weighted by atomic mass is 19.4. The lowest BCUT2D eigenvalue weighted by Crippen LogP contribution is -2.26. The molecule has 30 heavy (non-hydrogen) atoms. The molecule has 2 amide bonds. The van der Waals surface area contributed by atoms with E-state index in [4.69, 9.17) is 0 Å². The van der Waals surface area contributed by atoms with Crippen molar-refractivity contribution in [3.8, 4) is 5.75 Å². The van der Waals surface area contributed by atoms with Gasteiger partial charge in [0.1, 0.15) is 5.75 Å². The molecular formula is C22H23F3N2O3. The van der Waals surface area contributed by atoms with Crippen molar-refractivity contribution < 1.29 is 27.5 Å². The minimum Gasteiger partial charge on any atom is -0.484 e. The topological polar surface area (TPSA) is 58.6 Å². The molecule has 0 aliphatic heterocycles. The van der Waals surface area contributed by atoms with Crippen LogP contribution < -0.4 is 10.1 Å². The molecule has 0 aromatic heterocycles. The van der Waals surface area contributed by atoms with Gasteiger partial charge in [-0.3, -0.25) is 9.59 Å². The Morgan fingerprint density at radius 1 is 1.07 bits per heavy atom. The number of carbonyl (C=O) groups excluding carboxylic acids is 2. The Morgan fingerprint density at radius 2 is 1.67 bits per heavy atom. The molecule has 2 aromatic rings. The van der Waals surface area contributed by atoms with E-state index in [2.05, 4.69) is 16.6 Å². The zero-order valence-corrected chi connectivity index (χ0v) is 16.5. The SMILES string of the molecule is C=CC(=O)Nc1ccc(CCC(=O)N(C)Cc2ccc(OCC(F)(F)F)cc2)cc1. The zero-order valence-electron chi connectivity index (χ0n) is 16.5. The second kappa shape index (κ2) is 10.5. The van der Waals surface area contributed by atoms with Crippen LogP contribution in [0.3, 0.4) is 0 Å². The molecule has 0 bridgehead atoms. The van der Waals surface area contributed by atoms with Gasteiger partial charge in [-0.25, -0.2) is 0 Å². The maximum absolute atomic E-state index is 12.4. The van der Waals surface area contributed by atoms with Gasteiger partial charge < -0.3 is 15.0 Å². The van der Waals surface area contributed by atoms with E-state index in [-0.39, 0.29) is 17.6 Å². The number of hydrogen-bond donors (Lipinski definition) is 1. The molecule has 0 aliphatic rings. The average Bonchev–Trinajstić information content (AvgIpc) is 2.71. The van der Waals surface area contributed by atoms with E-state index in [0.717, 1.165) is 11.1 Å². The molecule has 8 heteroatoms. The van der Waals surface area contributed by atoms with Crippen molar-refractivity contribution in [2.24, 2.45) is 0 Å². The summed E-state index contributed by atoms with van der Waals surface area (Å²) in [5.41, 5.74) is 2.39. The van der Waals surface area contributed by atoms with Gasteiger partial charge in [0, 0.05) is 25.7 Å². The van der Waals surface area contributed by atoms with E-state index < -0.39 is 12.8 Å². The van der Waals surface area contributed by atoms with Crippen molar-refractivity contribution >= 4 is 17.5 Å². The highest BCUT2D eigenvalue weighted by Crippen LogP contribution is 2.19. The van der Waals surface area contributed by atoms with E-state index in [1.807, 2.05) is 12.1 Å². The normalized spacial score (nSPS) is 10.9. The van der Waals surface area contributed by atoms with E-state index in [9.17, 15) is 22.8 Å². The fraction of sp³-hybridized carbons (Fsp3) is 0.273. The van der Waals surface area contributed by atoms with Gasteiger partial charge in [0.2, 0.25) is 11.8 Å². The number of aryl methyl sites for hydroxylation is 1. The van der Waals surface area contributed by atoms with Crippen molar-refractivity contribution in [3.63, 3.8) is 0 Å². The lowest BCUT2D eigenvalue weighted by atomic mass is 10.1. The summed E-state index contributed by atoms with van der Waals surface area (Å²) in [7, 11) is 1.67. The van der Waals surface area contributed by atoms with Gasteiger partial charge in [-0.1, -0.05) is 30.8 Å². The first kappa shape index (κ1) is 23.0. The molecule has 2 rings (SSSR count). The minimum absolute atomic E-state index is 0.0589. The second-order valence-electron chi connectivity index (χ2n) is 6.69. The molecule has 5 nitrogen and oxygen atoms in total. The number of benzene rings is 2. The Hall–Kier alpha value is -3.29. The number of amides is 2. The van der Waals surface area contributed by atoms with Crippen molar-refractivity contribution in [2.45, 2.75) is 25.6 Å². The van der Waals surface area contributed by atoms with Gasteiger partial charge in [0.25, 0.3) is 0 Å². The summed E-state index contributed by atoms with van der Waals surface area (Å²) in [5, 5.41) is 2.65. The molecule has 0 radical (unpaired) electrons. The molecule has 0 atom stereocenters. The molecule has 0 saturated carbocycles. The van der Waals surface area contributed by atoms with Crippen LogP contribution in [0.25, 0.3) is 0 Å². The molecule has 0 saturated heterocycles. The van der Waals surface area contributed by atoms with Crippen LogP contribution in [0.15, 0.2) is 61.2 Å². The number of rotatable bonds is 9. The van der Waals surface area contributed by atoms with Crippen molar-refractivity contribution in [1.82, 2.24) is 4.90 Å². The molecule has 0 heterocycles. The van der Waals surface area contributed by atoms with E-state index in [1.165, 1.54) is 18.2 Å². The van der Waals surface area contributed by atoms with Crippen LogP contribution in [0, 0.1) is 0 Å². The van der Waals surface area contributed by atoms with Gasteiger partial charge in [-0.2, -0.15) is 13.2 Å². The van der Waals surface area contributed by atoms with Crippen LogP contribution in [0.2, 0.25) is 0 Å². The monoisotopic (exact) mass is 420 g/mol. The van der Waals surface area contributed by atoms with Gasteiger partial charge in [0.05, 0.1) is 0 Å². The zero-order chi connectivity index (χ0) is 22.1. The molecule has 160 valence electrons. The Balaban J connectivity index is 1.80. The predicted molar refractivity (Wildman–Crippen MR) is 108 cm³/mol. The molecular weight excluding hydrogens is 397 g/mol. The highest BCUT2D eigenvalue weighted by Gasteiger charge is 2.28. The first-order valence-electron chi connectivity index (χ1n) is 9.21. The third kappa shape index (κ3) is 7.98. The number of carbonyl (C=O) groups is 2. The number of ether oxygens (including phenoxy) is 1. The first-order valence-corrected chi connectivity index (χ1v) is 9.21. The number of nitrogens with one attached hydrogen (secondary N) is 1. The van der Waals surface area contributed by atoms with Gasteiger partial charge >= 0.3 is 6.18 Å². The molecule has 0 fully saturated rings. The predicted octanol–water partition coefficient (Wildman–Crippen LogP) is 4.34. The number of hydrogen-bond acceptors (Lipinski definition) is 3. The fourth-order valence-electron chi connectivity index (χ4n) is 2.61. The van der Waals surface area contributed by atoms with Gasteiger partial charge in [0.15, 0.2) is 6.61 Å². The van der Waals surface area contributed by atoms with Gasteiger partial charge in [-0.05, 0) is 47.9 Å².